The Kier molecular flexibility index (Phi) is 4.69. The fourth-order valence-electron chi connectivity index (χ4n) is 1.20. The summed E-state index contributed by atoms with van der Waals surface area (Å²) in [7, 11) is -4.02. The fraction of sp³-hybridized carbons (Fsp3) is 0.300. The predicted molar refractivity (Wildman–Crippen MR) is 64.9 cm³/mol. The standard InChI is InChI=1S/C10H12ClNO5S/c1-6(13)9(10(14)15)12-18(16,17)8-4-2-7(11)3-5-8/h2-6,9,12-13H,1H3,(H,14,15)/t6-,9+/m1/s1. The number of sulfonamides is 1. The van der Waals surface area contributed by atoms with Crippen molar-refractivity contribution in [2.75, 3.05) is 0 Å². The lowest BCUT2D eigenvalue weighted by atomic mass is 10.2. The lowest BCUT2D eigenvalue weighted by molar-refractivity contribution is -0.141. The second-order valence-electron chi connectivity index (χ2n) is 3.63. The van der Waals surface area contributed by atoms with Crippen LogP contribution < -0.4 is 4.72 Å². The number of nitrogens with one attached hydrogen (secondary N) is 1. The summed E-state index contributed by atoms with van der Waals surface area (Å²) in [5.41, 5.74) is 0. The van der Waals surface area contributed by atoms with E-state index in [1.807, 2.05) is 4.72 Å². The van der Waals surface area contributed by atoms with Gasteiger partial charge in [-0.2, -0.15) is 4.72 Å². The van der Waals surface area contributed by atoms with E-state index in [2.05, 4.69) is 0 Å². The molecule has 1 rings (SSSR count). The molecular weight excluding hydrogens is 282 g/mol. The van der Waals surface area contributed by atoms with Gasteiger partial charge in [-0.25, -0.2) is 8.42 Å². The van der Waals surface area contributed by atoms with Crippen molar-refractivity contribution in [1.29, 1.82) is 0 Å². The molecule has 0 aromatic heterocycles. The van der Waals surface area contributed by atoms with E-state index in [4.69, 9.17) is 16.7 Å². The molecule has 6 nitrogen and oxygen atoms in total. The van der Waals surface area contributed by atoms with Gasteiger partial charge in [-0.05, 0) is 31.2 Å². The van der Waals surface area contributed by atoms with Gasteiger partial charge < -0.3 is 10.2 Å². The molecule has 1 aromatic rings. The molecule has 18 heavy (non-hydrogen) atoms. The van der Waals surface area contributed by atoms with Crippen molar-refractivity contribution in [3.05, 3.63) is 29.3 Å². The number of aliphatic hydroxyl groups is 1. The van der Waals surface area contributed by atoms with Crippen molar-refractivity contribution in [2.24, 2.45) is 0 Å². The number of hydrogen-bond donors (Lipinski definition) is 3. The average molecular weight is 294 g/mol. The molecule has 0 aliphatic carbocycles. The molecular formula is C10H12ClNO5S. The van der Waals surface area contributed by atoms with E-state index in [0.717, 1.165) is 0 Å². The molecule has 0 amide bonds. The number of halogens is 1. The number of aliphatic hydroxyl groups excluding tert-OH is 1. The van der Waals surface area contributed by atoms with Crippen LogP contribution in [-0.4, -0.2) is 36.7 Å². The zero-order valence-corrected chi connectivity index (χ0v) is 10.9. The molecule has 0 bridgehead atoms. The smallest absolute Gasteiger partial charge is 0.324 e. The molecule has 0 aliphatic rings. The first-order valence-electron chi connectivity index (χ1n) is 4.93. The minimum Gasteiger partial charge on any atom is -0.480 e. The topological polar surface area (TPSA) is 104 Å². The lowest BCUT2D eigenvalue weighted by Crippen LogP contribution is -2.47. The third-order valence-corrected chi connectivity index (χ3v) is 3.86. The molecule has 2 atom stereocenters. The number of carboxylic acid groups (broad SMARTS) is 1. The molecule has 0 fully saturated rings. The molecule has 0 radical (unpaired) electrons. The Morgan fingerprint density at radius 1 is 1.33 bits per heavy atom. The van der Waals surface area contributed by atoms with Crippen LogP contribution in [0.15, 0.2) is 29.2 Å². The van der Waals surface area contributed by atoms with Gasteiger partial charge in [0.1, 0.15) is 6.04 Å². The van der Waals surface area contributed by atoms with Gasteiger partial charge in [-0.1, -0.05) is 11.6 Å². The molecule has 0 aliphatic heterocycles. The van der Waals surface area contributed by atoms with E-state index >= 15 is 0 Å². The summed E-state index contributed by atoms with van der Waals surface area (Å²) in [4.78, 5) is 10.7. The minimum absolute atomic E-state index is 0.126. The van der Waals surface area contributed by atoms with Crippen LogP contribution in [0.3, 0.4) is 0 Å². The normalized spacial score (nSPS) is 15.1. The van der Waals surface area contributed by atoms with Crippen LogP contribution in [0.2, 0.25) is 5.02 Å². The highest BCUT2D eigenvalue weighted by Gasteiger charge is 2.29. The van der Waals surface area contributed by atoms with Gasteiger partial charge in [0, 0.05) is 5.02 Å². The molecule has 0 heterocycles. The average Bonchev–Trinajstić information content (AvgIpc) is 2.26. The summed E-state index contributed by atoms with van der Waals surface area (Å²) in [6.45, 7) is 1.18. The van der Waals surface area contributed by atoms with E-state index in [0.29, 0.717) is 5.02 Å². The minimum atomic E-state index is -4.02. The first-order chi connectivity index (χ1) is 8.24. The molecule has 100 valence electrons. The Bertz CT molecular complexity index is 526. The zero-order chi connectivity index (χ0) is 13.9. The molecule has 0 saturated carbocycles. The first-order valence-corrected chi connectivity index (χ1v) is 6.79. The predicted octanol–water partition coefficient (Wildman–Crippen LogP) is 0.452. The number of aliphatic carboxylic acids is 1. The van der Waals surface area contributed by atoms with Gasteiger partial charge in [-0.3, -0.25) is 4.79 Å². The summed E-state index contributed by atoms with van der Waals surface area (Å²) in [5, 5.41) is 18.4. The maximum Gasteiger partial charge on any atom is 0.324 e. The molecule has 0 spiro atoms. The van der Waals surface area contributed by atoms with Crippen molar-refractivity contribution < 1.29 is 23.4 Å². The highest BCUT2D eigenvalue weighted by molar-refractivity contribution is 7.89. The quantitative estimate of drug-likeness (QED) is 0.731. The van der Waals surface area contributed by atoms with Crippen molar-refractivity contribution in [3.63, 3.8) is 0 Å². The summed E-state index contributed by atoms with van der Waals surface area (Å²) in [6.07, 6.45) is -1.36. The van der Waals surface area contributed by atoms with Gasteiger partial charge >= 0.3 is 5.97 Å². The number of carboxylic acids is 1. The second kappa shape index (κ2) is 5.66. The summed E-state index contributed by atoms with van der Waals surface area (Å²) in [6, 6.07) is 3.62. The Balaban J connectivity index is 3.01. The van der Waals surface area contributed by atoms with E-state index in [-0.39, 0.29) is 4.90 Å². The van der Waals surface area contributed by atoms with Crippen LogP contribution in [0.1, 0.15) is 6.92 Å². The Morgan fingerprint density at radius 3 is 2.22 bits per heavy atom. The number of hydrogen-bond acceptors (Lipinski definition) is 4. The third-order valence-electron chi connectivity index (χ3n) is 2.15. The molecule has 3 N–H and O–H groups in total. The largest absolute Gasteiger partial charge is 0.480 e. The summed E-state index contributed by atoms with van der Waals surface area (Å²) < 4.78 is 25.6. The molecule has 0 unspecified atom stereocenters. The van der Waals surface area contributed by atoms with Crippen molar-refractivity contribution >= 4 is 27.6 Å². The lowest BCUT2D eigenvalue weighted by Gasteiger charge is -2.17. The molecule has 8 heteroatoms. The van der Waals surface area contributed by atoms with Crippen LogP contribution >= 0.6 is 11.6 Å². The van der Waals surface area contributed by atoms with Crippen LogP contribution in [0.25, 0.3) is 0 Å². The monoisotopic (exact) mass is 293 g/mol. The van der Waals surface area contributed by atoms with Gasteiger partial charge in [-0.15, -0.1) is 0 Å². The Hall–Kier alpha value is -1.15. The Morgan fingerprint density at radius 2 is 1.83 bits per heavy atom. The maximum absolute atomic E-state index is 11.8. The first kappa shape index (κ1) is 14.9. The van der Waals surface area contributed by atoms with E-state index in [1.165, 1.54) is 31.2 Å². The summed E-state index contributed by atoms with van der Waals surface area (Å²) >= 11 is 5.62. The van der Waals surface area contributed by atoms with E-state index < -0.39 is 28.1 Å². The van der Waals surface area contributed by atoms with Crippen LogP contribution in [-0.2, 0) is 14.8 Å². The van der Waals surface area contributed by atoms with E-state index in [9.17, 15) is 18.3 Å². The highest BCUT2D eigenvalue weighted by Crippen LogP contribution is 2.14. The SMILES string of the molecule is C[C@@H](O)[C@H](NS(=O)(=O)c1ccc(Cl)cc1)C(=O)O. The van der Waals surface area contributed by atoms with Gasteiger partial charge in [0.15, 0.2) is 0 Å². The highest BCUT2D eigenvalue weighted by atomic mass is 35.5. The molecule has 1 aromatic carbocycles. The fourth-order valence-corrected chi connectivity index (χ4v) is 2.59. The van der Waals surface area contributed by atoms with Crippen molar-refractivity contribution in [2.45, 2.75) is 24.0 Å². The number of benzene rings is 1. The van der Waals surface area contributed by atoms with Crippen LogP contribution in [0.4, 0.5) is 0 Å². The van der Waals surface area contributed by atoms with Gasteiger partial charge in [0.2, 0.25) is 10.0 Å². The Labute approximate surface area is 109 Å². The van der Waals surface area contributed by atoms with Crippen molar-refractivity contribution in [1.82, 2.24) is 4.72 Å². The van der Waals surface area contributed by atoms with Gasteiger partial charge in [0.25, 0.3) is 0 Å². The number of rotatable bonds is 5. The van der Waals surface area contributed by atoms with Crippen LogP contribution in [0, 0.1) is 0 Å². The van der Waals surface area contributed by atoms with E-state index in [1.54, 1.807) is 0 Å². The third kappa shape index (κ3) is 3.67. The summed E-state index contributed by atoms with van der Waals surface area (Å²) in [5.74, 6) is -1.46. The number of carbonyl (C=O) groups is 1. The van der Waals surface area contributed by atoms with Crippen LogP contribution in [0.5, 0.6) is 0 Å². The van der Waals surface area contributed by atoms with Gasteiger partial charge in [0.05, 0.1) is 11.0 Å². The van der Waals surface area contributed by atoms with Crippen molar-refractivity contribution in [3.8, 4) is 0 Å². The zero-order valence-electron chi connectivity index (χ0n) is 9.37. The maximum atomic E-state index is 11.8. The molecule has 0 saturated heterocycles. The second-order valence-corrected chi connectivity index (χ2v) is 5.78.